The molecule has 1 aliphatic carbocycles. The van der Waals surface area contributed by atoms with Crippen LogP contribution in [0.4, 0.5) is 4.39 Å². The van der Waals surface area contributed by atoms with E-state index < -0.39 is 0 Å². The van der Waals surface area contributed by atoms with Crippen molar-refractivity contribution in [1.82, 2.24) is 5.32 Å². The van der Waals surface area contributed by atoms with E-state index in [9.17, 15) is 4.39 Å². The third-order valence-corrected chi connectivity index (χ3v) is 3.19. The van der Waals surface area contributed by atoms with Crippen molar-refractivity contribution in [3.8, 4) is 5.75 Å². The number of nitrogens with one attached hydrogen (secondary N) is 1. The molecule has 4 heteroatoms. The zero-order valence-electron chi connectivity index (χ0n) is 10.7. The zero-order chi connectivity index (χ0) is 13.0. The summed E-state index contributed by atoms with van der Waals surface area (Å²) in [6, 6.07) is 5.06. The van der Waals surface area contributed by atoms with Crippen LogP contribution in [0.2, 0.25) is 0 Å². The van der Waals surface area contributed by atoms with Crippen molar-refractivity contribution in [3.63, 3.8) is 0 Å². The first-order chi connectivity index (χ1) is 8.70. The van der Waals surface area contributed by atoms with E-state index in [1.807, 2.05) is 13.0 Å². The Morgan fingerprint density at radius 1 is 1.50 bits per heavy atom. The lowest BCUT2D eigenvalue weighted by atomic mass is 10.1. The fourth-order valence-corrected chi connectivity index (χ4v) is 1.79. The molecule has 3 nitrogen and oxygen atoms in total. The van der Waals surface area contributed by atoms with Crippen LogP contribution in [0.1, 0.15) is 31.4 Å². The van der Waals surface area contributed by atoms with E-state index in [2.05, 4.69) is 5.32 Å². The molecule has 0 aromatic heterocycles. The number of aliphatic hydroxyl groups excluding tert-OH is 1. The van der Waals surface area contributed by atoms with Crippen LogP contribution in [0.3, 0.4) is 0 Å². The van der Waals surface area contributed by atoms with Gasteiger partial charge < -0.3 is 15.2 Å². The molecule has 18 heavy (non-hydrogen) atoms. The van der Waals surface area contributed by atoms with E-state index in [4.69, 9.17) is 9.84 Å². The molecule has 1 atom stereocenters. The van der Waals surface area contributed by atoms with Gasteiger partial charge in [-0.15, -0.1) is 0 Å². The summed E-state index contributed by atoms with van der Waals surface area (Å²) in [6.07, 6.45) is 2.39. The van der Waals surface area contributed by atoms with Gasteiger partial charge in [-0.3, -0.25) is 0 Å². The second-order valence-corrected chi connectivity index (χ2v) is 4.84. The average Bonchev–Trinajstić information content (AvgIpc) is 3.18. The minimum absolute atomic E-state index is 0.0177. The number of rotatable bonds is 7. The van der Waals surface area contributed by atoms with Gasteiger partial charge in [0, 0.05) is 12.6 Å². The van der Waals surface area contributed by atoms with Crippen LogP contribution in [0.25, 0.3) is 0 Å². The molecule has 0 saturated heterocycles. The minimum atomic E-state index is -0.314. The van der Waals surface area contributed by atoms with Gasteiger partial charge in [-0.2, -0.15) is 0 Å². The molecule has 1 unspecified atom stereocenters. The van der Waals surface area contributed by atoms with E-state index >= 15 is 0 Å². The highest BCUT2D eigenvalue weighted by atomic mass is 19.1. The number of hydrogen-bond acceptors (Lipinski definition) is 3. The SMILES string of the molecule is CC(NCCO)c1ccc(OCC2CC2)c(F)c1. The summed E-state index contributed by atoms with van der Waals surface area (Å²) in [5, 5.41) is 11.8. The zero-order valence-corrected chi connectivity index (χ0v) is 10.7. The molecule has 0 radical (unpaired) electrons. The standard InChI is InChI=1S/C14H20FNO2/c1-10(16-6-7-17)12-4-5-14(13(15)8-12)18-9-11-2-3-11/h4-5,8,10-11,16-17H,2-3,6-7,9H2,1H3. The van der Waals surface area contributed by atoms with Crippen molar-refractivity contribution in [1.29, 1.82) is 0 Å². The first kappa shape index (κ1) is 13.3. The molecule has 2 N–H and O–H groups in total. The quantitative estimate of drug-likeness (QED) is 0.783. The first-order valence-electron chi connectivity index (χ1n) is 6.47. The van der Waals surface area contributed by atoms with Crippen LogP contribution in [-0.2, 0) is 0 Å². The summed E-state index contributed by atoms with van der Waals surface area (Å²) in [5.41, 5.74) is 0.861. The molecule has 0 bridgehead atoms. The fraction of sp³-hybridized carbons (Fsp3) is 0.571. The van der Waals surface area contributed by atoms with E-state index in [1.54, 1.807) is 6.07 Å². The molecule has 1 aromatic carbocycles. The fourth-order valence-electron chi connectivity index (χ4n) is 1.79. The van der Waals surface area contributed by atoms with Crippen molar-refractivity contribution in [2.24, 2.45) is 5.92 Å². The van der Waals surface area contributed by atoms with E-state index in [0.29, 0.717) is 24.8 Å². The van der Waals surface area contributed by atoms with Gasteiger partial charge in [-0.25, -0.2) is 4.39 Å². The van der Waals surface area contributed by atoms with Gasteiger partial charge in [0.2, 0.25) is 0 Å². The highest BCUT2D eigenvalue weighted by molar-refractivity contribution is 5.31. The molecule has 0 amide bonds. The number of benzene rings is 1. The predicted molar refractivity (Wildman–Crippen MR) is 68.1 cm³/mol. The van der Waals surface area contributed by atoms with Gasteiger partial charge in [0.15, 0.2) is 11.6 Å². The maximum Gasteiger partial charge on any atom is 0.165 e. The lowest BCUT2D eigenvalue weighted by Crippen LogP contribution is -2.22. The summed E-state index contributed by atoms with van der Waals surface area (Å²) in [6.45, 7) is 3.14. The monoisotopic (exact) mass is 253 g/mol. The van der Waals surface area contributed by atoms with E-state index in [0.717, 1.165) is 5.56 Å². The maximum atomic E-state index is 13.8. The molecule has 0 heterocycles. The second-order valence-electron chi connectivity index (χ2n) is 4.84. The van der Waals surface area contributed by atoms with Gasteiger partial charge in [-0.05, 0) is 43.4 Å². The molecule has 0 spiro atoms. The van der Waals surface area contributed by atoms with Gasteiger partial charge >= 0.3 is 0 Å². The van der Waals surface area contributed by atoms with Crippen LogP contribution in [0.15, 0.2) is 18.2 Å². The van der Waals surface area contributed by atoms with Crippen molar-refractivity contribution in [2.75, 3.05) is 19.8 Å². The van der Waals surface area contributed by atoms with Crippen molar-refractivity contribution >= 4 is 0 Å². The maximum absolute atomic E-state index is 13.8. The van der Waals surface area contributed by atoms with Crippen LogP contribution in [0, 0.1) is 11.7 Å². The normalized spacial score (nSPS) is 16.6. The van der Waals surface area contributed by atoms with E-state index in [-0.39, 0.29) is 18.5 Å². The van der Waals surface area contributed by atoms with Crippen LogP contribution < -0.4 is 10.1 Å². The number of ether oxygens (including phenoxy) is 1. The molecule has 1 aromatic rings. The van der Waals surface area contributed by atoms with Gasteiger partial charge in [-0.1, -0.05) is 6.07 Å². The van der Waals surface area contributed by atoms with Crippen molar-refractivity contribution in [2.45, 2.75) is 25.8 Å². The summed E-state index contributed by atoms with van der Waals surface area (Å²) >= 11 is 0. The van der Waals surface area contributed by atoms with Crippen molar-refractivity contribution in [3.05, 3.63) is 29.6 Å². The third kappa shape index (κ3) is 3.68. The molecule has 1 aliphatic rings. The van der Waals surface area contributed by atoms with Crippen LogP contribution in [0.5, 0.6) is 5.75 Å². The average molecular weight is 253 g/mol. The Kier molecular flexibility index (Phi) is 4.55. The molecule has 0 aliphatic heterocycles. The van der Waals surface area contributed by atoms with Crippen LogP contribution >= 0.6 is 0 Å². The summed E-state index contributed by atoms with van der Waals surface area (Å²) in [5.74, 6) is 0.639. The number of hydrogen-bond donors (Lipinski definition) is 2. The number of halogens is 1. The van der Waals surface area contributed by atoms with Crippen LogP contribution in [-0.4, -0.2) is 24.9 Å². The Morgan fingerprint density at radius 2 is 2.28 bits per heavy atom. The first-order valence-corrected chi connectivity index (χ1v) is 6.47. The second kappa shape index (κ2) is 6.16. The molecular formula is C14H20FNO2. The Bertz CT molecular complexity index is 393. The summed E-state index contributed by atoms with van der Waals surface area (Å²) in [7, 11) is 0. The van der Waals surface area contributed by atoms with Gasteiger partial charge in [0.1, 0.15) is 0 Å². The molecule has 1 saturated carbocycles. The Balaban J connectivity index is 1.94. The highest BCUT2D eigenvalue weighted by Crippen LogP contribution is 2.30. The molecular weight excluding hydrogens is 233 g/mol. The molecule has 1 fully saturated rings. The smallest absolute Gasteiger partial charge is 0.165 e. The summed E-state index contributed by atoms with van der Waals surface area (Å²) < 4.78 is 19.2. The van der Waals surface area contributed by atoms with Crippen molar-refractivity contribution < 1.29 is 14.2 Å². The van der Waals surface area contributed by atoms with Gasteiger partial charge in [0.25, 0.3) is 0 Å². The topological polar surface area (TPSA) is 41.5 Å². The lowest BCUT2D eigenvalue weighted by molar-refractivity contribution is 0.283. The lowest BCUT2D eigenvalue weighted by Gasteiger charge is -2.14. The highest BCUT2D eigenvalue weighted by Gasteiger charge is 2.22. The van der Waals surface area contributed by atoms with E-state index in [1.165, 1.54) is 18.9 Å². The summed E-state index contributed by atoms with van der Waals surface area (Å²) in [4.78, 5) is 0. The third-order valence-electron chi connectivity index (χ3n) is 3.19. The van der Waals surface area contributed by atoms with Gasteiger partial charge in [0.05, 0.1) is 13.2 Å². The molecule has 2 rings (SSSR count). The Labute approximate surface area is 107 Å². The Morgan fingerprint density at radius 3 is 2.89 bits per heavy atom. The predicted octanol–water partition coefficient (Wildman–Crippen LogP) is 2.26. The Hall–Kier alpha value is -1.13. The minimum Gasteiger partial charge on any atom is -0.490 e. The number of aliphatic hydroxyl groups is 1. The largest absolute Gasteiger partial charge is 0.490 e. The molecule has 100 valence electrons.